The summed E-state index contributed by atoms with van der Waals surface area (Å²) in [5.41, 5.74) is 3.84. The molecule has 2 aromatic carbocycles. The molecular weight excluding hydrogens is 937 g/mol. The lowest BCUT2D eigenvalue weighted by Gasteiger charge is -2.20. The molecule has 0 amide bonds. The van der Waals surface area contributed by atoms with Crippen LogP contribution < -0.4 is 33.7 Å². The molecule has 6 aromatic rings. The maximum atomic E-state index is 13.3. The fourth-order valence-electron chi connectivity index (χ4n) is 9.38. The van der Waals surface area contributed by atoms with E-state index in [0.29, 0.717) is 89.6 Å². The van der Waals surface area contributed by atoms with Crippen molar-refractivity contribution in [3.63, 3.8) is 0 Å². The van der Waals surface area contributed by atoms with E-state index in [1.807, 2.05) is 45.5 Å². The molecule has 10 rings (SSSR count). The number of imidazole rings is 2. The Morgan fingerprint density at radius 1 is 0.653 bits per heavy atom. The summed E-state index contributed by atoms with van der Waals surface area (Å²) in [4.78, 5) is 37.2. The van der Waals surface area contributed by atoms with E-state index in [-0.39, 0.29) is 53.1 Å². The number of likely N-dealkylation sites (tertiary alicyclic amines) is 1. The van der Waals surface area contributed by atoms with Crippen molar-refractivity contribution < 1.29 is 55.6 Å². The molecule has 386 valence electrons. The highest BCUT2D eigenvalue weighted by Crippen LogP contribution is 2.42. The zero-order chi connectivity index (χ0) is 49.8. The molecule has 4 aliphatic rings. The maximum Gasteiger partial charge on any atom is 0.387 e. The standard InChI is InChI=1S/C28H33F2N3O4.C25H27F2N3O4.CH4/c1-17(2)32-8-6-19(15-32)16-36-21-7-9-33-22(14-31-26(33)13-21)20-11-24(35-3)27(23(34)10-18-4-5-18)25(12-20)37-28(29)30;1-32-21-9-17(10-22(34-25(26)27)24(21)20(31)8-15-2-3-15)19-13-29-23-11-18(5-7-30(19)23)33-14-16-4-6-28-12-16;/h7,9,11-14,17-19,28H,4-6,8,10,15-16H2,1-3H3;5,7,9-11,13,15-16,25,28H,2-4,6,8,12,14H2,1H3;1H4. The number of hydrogen-bond donors (Lipinski definition) is 1. The van der Waals surface area contributed by atoms with Gasteiger partial charge in [-0.1, -0.05) is 7.43 Å². The summed E-state index contributed by atoms with van der Waals surface area (Å²) in [5.74, 6) is 2.59. The summed E-state index contributed by atoms with van der Waals surface area (Å²) in [6.07, 6.45) is 13.7. The highest BCUT2D eigenvalue weighted by molar-refractivity contribution is 6.03. The number of nitrogens with zero attached hydrogens (tertiary/aromatic N) is 5. The Morgan fingerprint density at radius 2 is 1.12 bits per heavy atom. The first-order valence-electron chi connectivity index (χ1n) is 24.4. The lowest BCUT2D eigenvalue weighted by atomic mass is 10.00. The largest absolute Gasteiger partial charge is 0.496 e. The molecule has 0 bridgehead atoms. The third kappa shape index (κ3) is 12.4. The average Bonchev–Trinajstić information content (AvgIpc) is 4.03. The number of ketones is 2. The predicted molar refractivity (Wildman–Crippen MR) is 264 cm³/mol. The zero-order valence-corrected chi connectivity index (χ0v) is 40.4. The lowest BCUT2D eigenvalue weighted by Crippen LogP contribution is -2.29. The third-order valence-corrected chi connectivity index (χ3v) is 13.6. The Kier molecular flexibility index (Phi) is 16.6. The van der Waals surface area contributed by atoms with Gasteiger partial charge in [-0.15, -0.1) is 0 Å². The second kappa shape index (κ2) is 23.0. The number of carbonyl (C=O) groups excluding carboxylic acids is 2. The molecule has 2 saturated carbocycles. The van der Waals surface area contributed by atoms with Crippen LogP contribution in [0.2, 0.25) is 0 Å². The minimum absolute atomic E-state index is 0. The predicted octanol–water partition coefficient (Wildman–Crippen LogP) is 10.9. The van der Waals surface area contributed by atoms with Crippen LogP contribution in [0, 0.1) is 23.7 Å². The number of halogens is 4. The highest BCUT2D eigenvalue weighted by atomic mass is 19.3. The van der Waals surface area contributed by atoms with Gasteiger partial charge >= 0.3 is 13.2 Å². The van der Waals surface area contributed by atoms with Gasteiger partial charge in [0.1, 0.15) is 56.9 Å². The zero-order valence-electron chi connectivity index (χ0n) is 40.4. The molecule has 14 nitrogen and oxygen atoms in total. The first-order valence-corrected chi connectivity index (χ1v) is 24.4. The van der Waals surface area contributed by atoms with Crippen LogP contribution >= 0.6 is 0 Å². The minimum atomic E-state index is -3.07. The van der Waals surface area contributed by atoms with Crippen LogP contribution in [-0.2, 0) is 0 Å². The number of pyridine rings is 2. The molecular formula is C54H64F4N6O8. The number of carbonyl (C=O) groups is 2. The number of nitrogens with one attached hydrogen (secondary N) is 1. The van der Waals surface area contributed by atoms with E-state index in [2.05, 4.69) is 34.0 Å². The van der Waals surface area contributed by atoms with E-state index in [1.54, 1.807) is 24.5 Å². The van der Waals surface area contributed by atoms with Gasteiger partial charge in [-0.05, 0) is 114 Å². The summed E-state index contributed by atoms with van der Waals surface area (Å²) in [5, 5.41) is 3.32. The van der Waals surface area contributed by atoms with Crippen molar-refractivity contribution in [2.75, 3.05) is 53.6 Å². The van der Waals surface area contributed by atoms with Crippen LogP contribution in [0.25, 0.3) is 33.8 Å². The third-order valence-electron chi connectivity index (χ3n) is 13.6. The Morgan fingerprint density at radius 3 is 1.53 bits per heavy atom. The summed E-state index contributed by atoms with van der Waals surface area (Å²) >= 11 is 0. The molecule has 0 spiro atoms. The van der Waals surface area contributed by atoms with Gasteiger partial charge in [-0.2, -0.15) is 17.6 Å². The number of aromatic nitrogens is 4. The van der Waals surface area contributed by atoms with Crippen molar-refractivity contribution >= 4 is 22.9 Å². The number of methoxy groups -OCH3 is 2. The Labute approximate surface area is 416 Å². The SMILES string of the molecule is C.COc1cc(-c2cnc3cc(OCC4CCN(C(C)C)C4)ccn23)cc(OC(F)F)c1C(=O)CC1CC1.COc1cc(-c2cnc3cc(OCC4CCNC4)ccn23)cc(OC(F)F)c1C(=O)CC1CC1. The van der Waals surface area contributed by atoms with E-state index in [1.165, 1.54) is 26.4 Å². The number of ether oxygens (including phenoxy) is 6. The van der Waals surface area contributed by atoms with Crippen LogP contribution in [-0.4, -0.2) is 108 Å². The summed E-state index contributed by atoms with van der Waals surface area (Å²) < 4.78 is 89.2. The van der Waals surface area contributed by atoms with Crippen molar-refractivity contribution in [3.8, 4) is 57.0 Å². The monoisotopic (exact) mass is 1000 g/mol. The molecule has 2 atom stereocenters. The van der Waals surface area contributed by atoms with E-state index in [9.17, 15) is 27.2 Å². The highest BCUT2D eigenvalue weighted by Gasteiger charge is 2.32. The molecule has 2 saturated heterocycles. The molecule has 18 heteroatoms. The molecule has 4 fully saturated rings. The lowest BCUT2D eigenvalue weighted by molar-refractivity contribution is -0.0509. The van der Waals surface area contributed by atoms with E-state index in [4.69, 9.17) is 28.4 Å². The van der Waals surface area contributed by atoms with Crippen molar-refractivity contribution in [3.05, 3.63) is 84.4 Å². The molecule has 1 N–H and O–H groups in total. The second-order valence-electron chi connectivity index (χ2n) is 19.2. The van der Waals surface area contributed by atoms with Crippen LogP contribution in [0.5, 0.6) is 34.5 Å². The molecule has 2 aliphatic heterocycles. The van der Waals surface area contributed by atoms with Gasteiger partial charge in [0.2, 0.25) is 0 Å². The molecule has 0 radical (unpaired) electrons. The van der Waals surface area contributed by atoms with E-state index < -0.39 is 13.2 Å². The van der Waals surface area contributed by atoms with Gasteiger partial charge in [0.15, 0.2) is 11.6 Å². The quantitative estimate of drug-likeness (QED) is 0.0542. The fourth-order valence-corrected chi connectivity index (χ4v) is 9.38. The maximum absolute atomic E-state index is 13.3. The van der Waals surface area contributed by atoms with Crippen LogP contribution in [0.4, 0.5) is 17.6 Å². The van der Waals surface area contributed by atoms with Gasteiger partial charge < -0.3 is 38.6 Å². The summed E-state index contributed by atoms with van der Waals surface area (Å²) in [7, 11) is 2.83. The minimum Gasteiger partial charge on any atom is -0.496 e. The Balaban J connectivity index is 0.000000191. The number of fused-ring (bicyclic) bond motifs is 2. The number of Topliss-reactive ketones (excluding diaryl/α,β-unsaturated/α-hetero) is 2. The van der Waals surface area contributed by atoms with Gasteiger partial charge in [-0.25, -0.2) is 9.97 Å². The molecule has 2 aliphatic carbocycles. The molecule has 6 heterocycles. The van der Waals surface area contributed by atoms with Gasteiger partial charge in [0.05, 0.1) is 51.2 Å². The molecule has 4 aromatic heterocycles. The first kappa shape index (κ1) is 51.9. The molecule has 72 heavy (non-hydrogen) atoms. The second-order valence-corrected chi connectivity index (χ2v) is 19.2. The average molecular weight is 1000 g/mol. The van der Waals surface area contributed by atoms with E-state index in [0.717, 1.165) is 76.2 Å². The van der Waals surface area contributed by atoms with E-state index >= 15 is 0 Å². The number of rotatable bonds is 21. The summed E-state index contributed by atoms with van der Waals surface area (Å²) in [6, 6.07) is 14.2. The molecule has 2 unspecified atom stereocenters. The fraction of sp³-hybridized carbons (Fsp3) is 0.481. The normalized spacial score (nSPS) is 17.8. The van der Waals surface area contributed by atoms with Gasteiger partial charge in [0, 0.05) is 79.5 Å². The van der Waals surface area contributed by atoms with Gasteiger partial charge in [0.25, 0.3) is 0 Å². The number of alkyl halides is 4. The number of hydrogen-bond acceptors (Lipinski definition) is 12. The summed E-state index contributed by atoms with van der Waals surface area (Å²) in [6.45, 7) is 3.69. The van der Waals surface area contributed by atoms with Crippen LogP contribution in [0.1, 0.15) is 93.4 Å². The van der Waals surface area contributed by atoms with Crippen LogP contribution in [0.15, 0.2) is 73.3 Å². The number of benzene rings is 2. The Hall–Kier alpha value is -6.40. The van der Waals surface area contributed by atoms with Crippen molar-refractivity contribution in [1.29, 1.82) is 0 Å². The Bertz CT molecular complexity index is 2840. The first-order chi connectivity index (χ1) is 34.3. The van der Waals surface area contributed by atoms with Gasteiger partial charge in [-0.3, -0.25) is 18.4 Å². The van der Waals surface area contributed by atoms with Crippen molar-refractivity contribution in [1.82, 2.24) is 29.0 Å². The van der Waals surface area contributed by atoms with Crippen molar-refractivity contribution in [2.45, 2.75) is 91.9 Å². The smallest absolute Gasteiger partial charge is 0.387 e. The topological polar surface area (TPSA) is 139 Å². The van der Waals surface area contributed by atoms with Crippen molar-refractivity contribution in [2.24, 2.45) is 23.7 Å². The van der Waals surface area contributed by atoms with Crippen LogP contribution in [0.3, 0.4) is 0 Å².